The molecule has 1 atom stereocenters. The van der Waals surface area contributed by atoms with E-state index >= 15 is 0 Å². The predicted octanol–water partition coefficient (Wildman–Crippen LogP) is 3.84. The van der Waals surface area contributed by atoms with Crippen LogP contribution in [0.2, 0.25) is 0 Å². The fourth-order valence-electron chi connectivity index (χ4n) is 3.37. The molecular formula is C20H31IN4O. The number of ether oxygens (including phenoxy) is 1. The molecule has 1 fully saturated rings. The third-order valence-electron chi connectivity index (χ3n) is 4.81. The van der Waals surface area contributed by atoms with Gasteiger partial charge in [0, 0.05) is 36.8 Å². The first-order valence-corrected chi connectivity index (χ1v) is 9.41. The van der Waals surface area contributed by atoms with Crippen molar-refractivity contribution in [1.29, 1.82) is 0 Å². The van der Waals surface area contributed by atoms with Gasteiger partial charge in [0.25, 0.3) is 0 Å². The average Bonchev–Trinajstić information content (AvgIpc) is 3.23. The molecule has 1 aromatic carbocycles. The van der Waals surface area contributed by atoms with Crippen molar-refractivity contribution in [3.63, 3.8) is 0 Å². The number of hydrogen-bond acceptors (Lipinski definition) is 2. The predicted molar refractivity (Wildman–Crippen MR) is 120 cm³/mol. The van der Waals surface area contributed by atoms with E-state index in [2.05, 4.69) is 59.9 Å². The maximum Gasteiger partial charge on any atom is 0.191 e. The molecule has 1 saturated heterocycles. The molecule has 0 spiro atoms. The second kappa shape index (κ2) is 10.2. The highest BCUT2D eigenvalue weighted by atomic mass is 127. The van der Waals surface area contributed by atoms with E-state index in [4.69, 9.17) is 9.73 Å². The van der Waals surface area contributed by atoms with Crippen molar-refractivity contribution in [3.05, 3.63) is 36.0 Å². The van der Waals surface area contributed by atoms with Gasteiger partial charge in [-0.25, -0.2) is 0 Å². The van der Waals surface area contributed by atoms with Gasteiger partial charge >= 0.3 is 0 Å². The van der Waals surface area contributed by atoms with Crippen LogP contribution in [0.25, 0.3) is 10.9 Å². The smallest absolute Gasteiger partial charge is 0.191 e. The number of hydrogen-bond donors (Lipinski definition) is 3. The zero-order valence-corrected chi connectivity index (χ0v) is 18.1. The monoisotopic (exact) mass is 470 g/mol. The lowest BCUT2D eigenvalue weighted by atomic mass is 10.0. The third kappa shape index (κ3) is 5.61. The first-order valence-electron chi connectivity index (χ1n) is 9.41. The van der Waals surface area contributed by atoms with Crippen molar-refractivity contribution in [1.82, 2.24) is 15.6 Å². The van der Waals surface area contributed by atoms with E-state index in [1.165, 1.54) is 16.5 Å². The number of fused-ring (bicyclic) bond motifs is 1. The number of nitrogens with zero attached hydrogens (tertiary/aromatic N) is 1. The summed E-state index contributed by atoms with van der Waals surface area (Å²) in [6.45, 7) is 7.60. The molecule has 0 saturated carbocycles. The summed E-state index contributed by atoms with van der Waals surface area (Å²) in [5, 5.41) is 8.10. The lowest BCUT2D eigenvalue weighted by Gasteiger charge is -2.21. The first-order chi connectivity index (χ1) is 12.2. The first kappa shape index (κ1) is 21.0. The zero-order chi connectivity index (χ0) is 17.5. The molecule has 1 aliphatic heterocycles. The quantitative estimate of drug-likeness (QED) is 0.250. The Hall–Kier alpha value is -1.28. The van der Waals surface area contributed by atoms with Crippen molar-refractivity contribution in [3.8, 4) is 0 Å². The van der Waals surface area contributed by atoms with Gasteiger partial charge in [0.05, 0.1) is 12.1 Å². The Bertz CT molecular complexity index is 707. The van der Waals surface area contributed by atoms with Crippen LogP contribution in [0.4, 0.5) is 0 Å². The van der Waals surface area contributed by atoms with E-state index in [1.807, 2.05) is 0 Å². The number of nitrogens with one attached hydrogen (secondary N) is 3. The average molecular weight is 470 g/mol. The van der Waals surface area contributed by atoms with Crippen molar-refractivity contribution in [2.75, 3.05) is 26.2 Å². The van der Waals surface area contributed by atoms with Gasteiger partial charge in [-0.1, -0.05) is 18.2 Å². The largest absolute Gasteiger partial charge is 0.373 e. The summed E-state index contributed by atoms with van der Waals surface area (Å²) in [5.41, 5.74) is 2.50. The van der Waals surface area contributed by atoms with Gasteiger partial charge in [-0.05, 0) is 51.2 Å². The topological polar surface area (TPSA) is 61.4 Å². The molecule has 26 heavy (non-hydrogen) atoms. The van der Waals surface area contributed by atoms with Crippen molar-refractivity contribution >= 4 is 40.8 Å². The zero-order valence-electron chi connectivity index (χ0n) is 15.8. The van der Waals surface area contributed by atoms with Gasteiger partial charge in [-0.3, -0.25) is 4.99 Å². The van der Waals surface area contributed by atoms with E-state index in [0.717, 1.165) is 51.3 Å². The van der Waals surface area contributed by atoms with Crippen LogP contribution in [0.3, 0.4) is 0 Å². The fourth-order valence-corrected chi connectivity index (χ4v) is 3.37. The van der Waals surface area contributed by atoms with Crippen LogP contribution in [0.1, 0.15) is 38.7 Å². The van der Waals surface area contributed by atoms with Gasteiger partial charge in [-0.15, -0.1) is 24.0 Å². The van der Waals surface area contributed by atoms with E-state index in [9.17, 15) is 0 Å². The summed E-state index contributed by atoms with van der Waals surface area (Å²) in [5.74, 6) is 0.887. The fraction of sp³-hybridized carbons (Fsp3) is 0.550. The number of aromatic amines is 1. The number of para-hydroxylation sites is 1. The second-order valence-electron chi connectivity index (χ2n) is 6.99. The normalized spacial score (nSPS) is 20.2. The lowest BCUT2D eigenvalue weighted by molar-refractivity contribution is 0.0283. The Morgan fingerprint density at radius 1 is 1.31 bits per heavy atom. The Labute approximate surface area is 173 Å². The summed E-state index contributed by atoms with van der Waals surface area (Å²) in [4.78, 5) is 8.06. The van der Waals surface area contributed by atoms with Crippen LogP contribution in [-0.4, -0.2) is 42.8 Å². The molecule has 0 bridgehead atoms. The van der Waals surface area contributed by atoms with Gasteiger partial charge < -0.3 is 20.4 Å². The summed E-state index contributed by atoms with van der Waals surface area (Å²) in [6, 6.07) is 8.47. The lowest BCUT2D eigenvalue weighted by Crippen LogP contribution is -2.39. The minimum atomic E-state index is -0.0909. The van der Waals surface area contributed by atoms with Crippen LogP contribution >= 0.6 is 24.0 Å². The molecule has 0 radical (unpaired) electrons. The van der Waals surface area contributed by atoms with E-state index in [1.54, 1.807) is 0 Å². The number of halogens is 1. The molecule has 0 aliphatic carbocycles. The number of aromatic nitrogens is 1. The summed E-state index contributed by atoms with van der Waals surface area (Å²) < 4.78 is 5.82. The second-order valence-corrected chi connectivity index (χ2v) is 6.99. The van der Waals surface area contributed by atoms with Crippen molar-refractivity contribution < 1.29 is 4.74 Å². The minimum absolute atomic E-state index is 0. The maximum absolute atomic E-state index is 5.82. The molecule has 1 unspecified atom stereocenters. The standard InChI is InChI=1S/C20H30N4O.HI/c1-3-21-19(24-15-20(2)11-7-13-25-20)22-12-6-8-16-14-23-18-10-5-4-9-17(16)18;/h4-5,9-10,14,23H,3,6-8,11-13,15H2,1-2H3,(H2,21,22,24);1H. The number of aliphatic imine (C=N–C) groups is 1. The van der Waals surface area contributed by atoms with Crippen LogP contribution in [0, 0.1) is 0 Å². The molecule has 3 N–H and O–H groups in total. The van der Waals surface area contributed by atoms with Crippen molar-refractivity contribution in [2.45, 2.75) is 45.1 Å². The Morgan fingerprint density at radius 3 is 2.92 bits per heavy atom. The number of guanidine groups is 1. The Morgan fingerprint density at radius 2 is 2.15 bits per heavy atom. The number of H-pyrrole nitrogens is 1. The molecule has 1 aromatic heterocycles. The van der Waals surface area contributed by atoms with Crippen LogP contribution in [0.5, 0.6) is 0 Å². The van der Waals surface area contributed by atoms with Gasteiger partial charge in [-0.2, -0.15) is 0 Å². The van der Waals surface area contributed by atoms with Crippen LogP contribution in [0.15, 0.2) is 35.5 Å². The number of benzene rings is 1. The Kier molecular flexibility index (Phi) is 8.21. The highest BCUT2D eigenvalue weighted by molar-refractivity contribution is 14.0. The molecule has 0 amide bonds. The van der Waals surface area contributed by atoms with E-state index < -0.39 is 0 Å². The SMILES string of the molecule is CCNC(=NCC1(C)CCCO1)NCCCc1c[nH]c2ccccc12.I. The number of rotatable bonds is 7. The summed E-state index contributed by atoms with van der Waals surface area (Å²) >= 11 is 0. The molecule has 1 aliphatic rings. The van der Waals surface area contributed by atoms with Crippen LogP contribution < -0.4 is 10.6 Å². The van der Waals surface area contributed by atoms with Gasteiger partial charge in [0.1, 0.15) is 0 Å². The summed E-state index contributed by atoms with van der Waals surface area (Å²) in [7, 11) is 0. The van der Waals surface area contributed by atoms with E-state index in [-0.39, 0.29) is 29.6 Å². The third-order valence-corrected chi connectivity index (χ3v) is 4.81. The number of aryl methyl sites for hydroxylation is 1. The molecule has 144 valence electrons. The molecule has 2 aromatic rings. The van der Waals surface area contributed by atoms with Crippen molar-refractivity contribution in [2.24, 2.45) is 4.99 Å². The van der Waals surface area contributed by atoms with Gasteiger partial charge in [0.15, 0.2) is 5.96 Å². The molecule has 5 nitrogen and oxygen atoms in total. The molecule has 6 heteroatoms. The molecule has 3 rings (SSSR count). The highest BCUT2D eigenvalue weighted by Crippen LogP contribution is 2.25. The Balaban J connectivity index is 0.00000243. The van der Waals surface area contributed by atoms with Crippen LogP contribution in [-0.2, 0) is 11.2 Å². The molecule has 2 heterocycles. The highest BCUT2D eigenvalue weighted by Gasteiger charge is 2.29. The molecular weight excluding hydrogens is 439 g/mol. The minimum Gasteiger partial charge on any atom is -0.373 e. The van der Waals surface area contributed by atoms with Gasteiger partial charge in [0.2, 0.25) is 0 Å². The maximum atomic E-state index is 5.82. The van der Waals surface area contributed by atoms with E-state index in [0.29, 0.717) is 6.54 Å². The summed E-state index contributed by atoms with van der Waals surface area (Å²) in [6.07, 6.45) is 6.48.